The lowest BCUT2D eigenvalue weighted by molar-refractivity contribution is -0.384. The second-order valence-corrected chi connectivity index (χ2v) is 14.3. The van der Waals surface area contributed by atoms with Gasteiger partial charge in [-0.1, -0.05) is 23.7 Å². The lowest BCUT2D eigenvalue weighted by atomic mass is 9.79. The van der Waals surface area contributed by atoms with Gasteiger partial charge >= 0.3 is 7.12 Å². The van der Waals surface area contributed by atoms with Crippen LogP contribution in [0.2, 0.25) is 4.47 Å². The summed E-state index contributed by atoms with van der Waals surface area (Å²) in [4.78, 5) is 28.7. The smallest absolute Gasteiger partial charge is 0.399 e. The number of benzene rings is 4. The van der Waals surface area contributed by atoms with Crippen molar-refractivity contribution in [1.82, 2.24) is 9.97 Å². The first kappa shape index (κ1) is 34.7. The summed E-state index contributed by atoms with van der Waals surface area (Å²) in [5, 5.41) is 22.0. The summed E-state index contributed by atoms with van der Waals surface area (Å²) in [6, 6.07) is 24.2. The number of aromatic nitrogens is 2. The van der Waals surface area contributed by atoms with Crippen LogP contribution in [0.15, 0.2) is 84.9 Å². The predicted molar refractivity (Wildman–Crippen MR) is 194 cm³/mol. The zero-order valence-corrected chi connectivity index (χ0v) is 28.6. The first-order valence-electron chi connectivity index (χ1n) is 14.4. The Morgan fingerprint density at radius 3 is 1.67 bits per heavy atom. The minimum atomic E-state index is -0.437. The molecule has 2 aromatic heterocycles. The number of rotatable bonds is 4. The second-order valence-electron chi connectivity index (χ2n) is 11.7. The Balaban J connectivity index is 0.000000143. The minimum absolute atomic E-state index is 0.0628. The predicted octanol–water partition coefficient (Wildman–Crippen LogP) is 7.88. The van der Waals surface area contributed by atoms with Crippen molar-refractivity contribution in [1.29, 1.82) is 0 Å². The van der Waals surface area contributed by atoms with Crippen molar-refractivity contribution >= 4 is 90.0 Å². The van der Waals surface area contributed by atoms with Gasteiger partial charge in [-0.3, -0.25) is 20.2 Å². The number of thiazole rings is 2. The minimum Gasteiger partial charge on any atom is -0.399 e. The van der Waals surface area contributed by atoms with Crippen LogP contribution >= 0.6 is 34.3 Å². The molecule has 3 heterocycles. The maximum Gasteiger partial charge on any atom is 0.494 e. The first-order valence-corrected chi connectivity index (χ1v) is 16.5. The number of nitro benzene ring substituents is 2. The van der Waals surface area contributed by atoms with Crippen LogP contribution in [0.1, 0.15) is 27.7 Å². The molecule has 0 bridgehead atoms. The van der Waals surface area contributed by atoms with Gasteiger partial charge in [0.25, 0.3) is 11.4 Å². The molecule has 48 heavy (non-hydrogen) atoms. The van der Waals surface area contributed by atoms with Crippen LogP contribution in [0.3, 0.4) is 0 Å². The fraction of sp³-hybridized carbons (Fsp3) is 0.188. The molecular formula is C32H30BClN6O6S2. The van der Waals surface area contributed by atoms with Gasteiger partial charge in [0.2, 0.25) is 0 Å². The van der Waals surface area contributed by atoms with Gasteiger partial charge in [0.1, 0.15) is 5.01 Å². The third-order valence-corrected chi connectivity index (χ3v) is 9.95. The summed E-state index contributed by atoms with van der Waals surface area (Å²) in [6.45, 7) is 8.18. The first-order chi connectivity index (χ1) is 22.6. The largest absolute Gasteiger partial charge is 0.494 e. The molecule has 1 aliphatic rings. The van der Waals surface area contributed by atoms with Crippen LogP contribution in [0, 0.1) is 20.2 Å². The summed E-state index contributed by atoms with van der Waals surface area (Å²) in [5.74, 6) is 0. The fourth-order valence-electron chi connectivity index (χ4n) is 4.41. The monoisotopic (exact) mass is 704 g/mol. The van der Waals surface area contributed by atoms with Gasteiger partial charge in [0.05, 0.1) is 41.5 Å². The van der Waals surface area contributed by atoms with E-state index >= 15 is 0 Å². The van der Waals surface area contributed by atoms with Crippen molar-refractivity contribution in [3.05, 3.63) is 110 Å². The van der Waals surface area contributed by atoms with Gasteiger partial charge in [0, 0.05) is 41.2 Å². The van der Waals surface area contributed by atoms with E-state index in [0.29, 0.717) is 15.7 Å². The highest BCUT2D eigenvalue weighted by Gasteiger charge is 2.51. The Hall–Kier alpha value is -4.67. The maximum absolute atomic E-state index is 10.7. The molecule has 1 aliphatic heterocycles. The molecule has 7 rings (SSSR count). The SMILES string of the molecule is CC1(C)OB(c2ccc(N)cc2)OC1(C)C.Nc1ccc(-c2nc3ccc([N+](=O)[O-])cc3s2)cc1.O=[N+]([O-])c1ccc2nc(Cl)sc2c1. The summed E-state index contributed by atoms with van der Waals surface area (Å²) in [7, 11) is -0.300. The molecule has 0 unspecified atom stereocenters. The molecule has 4 N–H and O–H groups in total. The third kappa shape index (κ3) is 7.89. The van der Waals surface area contributed by atoms with Crippen LogP contribution in [-0.4, -0.2) is 38.1 Å². The van der Waals surface area contributed by atoms with E-state index in [2.05, 4.69) is 9.97 Å². The molecule has 0 radical (unpaired) electrons. The lowest BCUT2D eigenvalue weighted by Gasteiger charge is -2.32. The van der Waals surface area contributed by atoms with Crippen molar-refractivity contribution < 1.29 is 19.2 Å². The molecule has 0 aliphatic carbocycles. The Kier molecular flexibility index (Phi) is 9.98. The molecular weight excluding hydrogens is 675 g/mol. The molecule has 0 atom stereocenters. The molecule has 16 heteroatoms. The molecule has 0 saturated carbocycles. The lowest BCUT2D eigenvalue weighted by Crippen LogP contribution is -2.41. The van der Waals surface area contributed by atoms with Gasteiger partial charge in [-0.05, 0) is 81.7 Å². The molecule has 12 nitrogen and oxygen atoms in total. The van der Waals surface area contributed by atoms with Crippen molar-refractivity contribution in [2.24, 2.45) is 0 Å². The number of anilines is 2. The maximum atomic E-state index is 10.7. The number of nitro groups is 2. The van der Waals surface area contributed by atoms with Crippen LogP contribution < -0.4 is 16.9 Å². The number of hydrogen-bond acceptors (Lipinski definition) is 12. The Bertz CT molecular complexity index is 2090. The second kappa shape index (κ2) is 13.8. The quantitative estimate of drug-likeness (QED) is 0.0792. The molecule has 6 aromatic rings. The Morgan fingerprint density at radius 1 is 0.708 bits per heavy atom. The van der Waals surface area contributed by atoms with Crippen molar-refractivity contribution in [3.63, 3.8) is 0 Å². The highest BCUT2D eigenvalue weighted by atomic mass is 35.5. The van der Waals surface area contributed by atoms with E-state index < -0.39 is 9.85 Å². The average molecular weight is 705 g/mol. The topological polar surface area (TPSA) is 183 Å². The normalized spacial score (nSPS) is 14.6. The number of nitrogens with two attached hydrogens (primary N) is 2. The van der Waals surface area contributed by atoms with Gasteiger partial charge in [-0.15, -0.1) is 22.7 Å². The van der Waals surface area contributed by atoms with Crippen LogP contribution in [-0.2, 0) is 9.31 Å². The van der Waals surface area contributed by atoms with E-state index in [0.717, 1.165) is 36.6 Å². The van der Waals surface area contributed by atoms with Crippen LogP contribution in [0.5, 0.6) is 0 Å². The Labute approximate surface area is 288 Å². The molecule has 4 aromatic carbocycles. The van der Waals surface area contributed by atoms with Gasteiger partial charge in [-0.25, -0.2) is 9.97 Å². The third-order valence-electron chi connectivity index (χ3n) is 7.76. The summed E-state index contributed by atoms with van der Waals surface area (Å²) in [6.07, 6.45) is 0. The number of halogens is 1. The van der Waals surface area contributed by atoms with E-state index in [9.17, 15) is 20.2 Å². The van der Waals surface area contributed by atoms with Crippen LogP contribution in [0.25, 0.3) is 31.0 Å². The molecule has 1 fully saturated rings. The standard InChI is InChI=1S/C13H9N3O2S.C12H18BNO2.C7H3ClN2O2S/c14-9-3-1-8(2-4-9)13-15-11-6-5-10(16(17)18)7-12(11)19-13;1-11(2)12(3,4)16-13(15-11)9-5-7-10(14)8-6-9;8-7-9-5-2-1-4(10(11)12)3-6(5)13-7/h1-7H,14H2;5-8H,14H2,1-4H3;1-3H. The number of nitrogens with zero attached hydrogens (tertiary/aromatic N) is 4. The Morgan fingerprint density at radius 2 is 1.17 bits per heavy atom. The highest BCUT2D eigenvalue weighted by molar-refractivity contribution is 7.22. The highest BCUT2D eigenvalue weighted by Crippen LogP contribution is 2.36. The summed E-state index contributed by atoms with van der Waals surface area (Å²) < 4.78 is 13.8. The van der Waals surface area contributed by atoms with Gasteiger partial charge in [-0.2, -0.15) is 0 Å². The van der Waals surface area contributed by atoms with E-state index in [4.69, 9.17) is 32.4 Å². The number of nitrogen functional groups attached to an aromatic ring is 2. The van der Waals surface area contributed by atoms with Gasteiger partial charge in [0.15, 0.2) is 4.47 Å². The van der Waals surface area contributed by atoms with Crippen molar-refractivity contribution in [2.75, 3.05) is 11.5 Å². The van der Waals surface area contributed by atoms with Crippen LogP contribution in [0.4, 0.5) is 22.7 Å². The molecule has 1 saturated heterocycles. The molecule has 246 valence electrons. The van der Waals surface area contributed by atoms with E-state index in [1.807, 2.05) is 76.2 Å². The zero-order chi connectivity index (χ0) is 34.8. The average Bonchev–Trinajstić information content (AvgIpc) is 3.69. The number of hydrogen-bond donors (Lipinski definition) is 2. The summed E-state index contributed by atoms with van der Waals surface area (Å²) in [5.41, 5.74) is 15.7. The van der Waals surface area contributed by atoms with Gasteiger partial charge < -0.3 is 20.8 Å². The van der Waals surface area contributed by atoms with E-state index in [-0.39, 0.29) is 29.7 Å². The van der Waals surface area contributed by atoms with E-state index in [1.54, 1.807) is 18.2 Å². The van der Waals surface area contributed by atoms with Crippen molar-refractivity contribution in [2.45, 2.75) is 38.9 Å². The van der Waals surface area contributed by atoms with E-state index in [1.165, 1.54) is 40.9 Å². The van der Waals surface area contributed by atoms with Crippen molar-refractivity contribution in [3.8, 4) is 10.6 Å². The molecule has 0 spiro atoms. The fourth-order valence-corrected chi connectivity index (χ4v) is 6.48. The summed E-state index contributed by atoms with van der Waals surface area (Å²) >= 11 is 8.32. The molecule has 0 amide bonds. The zero-order valence-electron chi connectivity index (χ0n) is 26.2. The number of fused-ring (bicyclic) bond motifs is 2. The number of non-ortho nitro benzene ring substituents is 2.